The maximum Gasteiger partial charge on any atom is 0.338 e. The Labute approximate surface area is 230 Å². The fourth-order valence-electron chi connectivity index (χ4n) is 3.66. The molecule has 1 aromatic rings. The summed E-state index contributed by atoms with van der Waals surface area (Å²) in [5.74, 6) is -0.307. The van der Waals surface area contributed by atoms with E-state index in [0.717, 1.165) is 19.3 Å². The number of carbonyl (C=O) groups excluding carboxylic acids is 1. The van der Waals surface area contributed by atoms with Gasteiger partial charge in [-0.25, -0.2) is 4.79 Å². The van der Waals surface area contributed by atoms with Crippen LogP contribution in [0.4, 0.5) is 0 Å². The van der Waals surface area contributed by atoms with E-state index >= 15 is 0 Å². The van der Waals surface area contributed by atoms with Crippen LogP contribution >= 0.6 is 0 Å². The van der Waals surface area contributed by atoms with Gasteiger partial charge in [0.2, 0.25) is 0 Å². The van der Waals surface area contributed by atoms with Gasteiger partial charge in [0.15, 0.2) is 16.6 Å². The SMILES string of the molecule is C=C[C@H](O[Si](C)(C)C(C)(C)C)[C@H](O[Si](C)(C)C(C)(C)C)[C@@H](CCCCCCC)OC(=O)c1ccccc1. The van der Waals surface area contributed by atoms with Crippen LogP contribution < -0.4 is 0 Å². The Kier molecular flexibility index (Phi) is 13.0. The van der Waals surface area contributed by atoms with Crippen LogP contribution in [-0.2, 0) is 13.6 Å². The standard InChI is InChI=1S/C31H56O4Si2/c1-13-15-16-17-21-24-27(33-29(32)25-22-19-18-20-23-25)28(35-37(11,12)31(6,7)8)26(14-2)34-36(9,10)30(3,4)5/h14,18-20,22-23,26-28H,2,13,15-17,21,24H2,1,3-12H3/t26-,27+,28-/m0/s1. The molecule has 0 bridgehead atoms. The average molecular weight is 549 g/mol. The van der Waals surface area contributed by atoms with Crippen molar-refractivity contribution in [3.8, 4) is 0 Å². The number of rotatable bonds is 15. The van der Waals surface area contributed by atoms with Crippen molar-refractivity contribution in [3.63, 3.8) is 0 Å². The summed E-state index contributed by atoms with van der Waals surface area (Å²) in [6.07, 6.45) is 7.13. The second kappa shape index (κ2) is 14.2. The van der Waals surface area contributed by atoms with E-state index in [1.165, 1.54) is 19.3 Å². The molecule has 0 aliphatic heterocycles. The van der Waals surface area contributed by atoms with Crippen molar-refractivity contribution in [1.29, 1.82) is 0 Å². The number of hydrogen-bond acceptors (Lipinski definition) is 4. The molecule has 37 heavy (non-hydrogen) atoms. The Morgan fingerprint density at radius 2 is 1.38 bits per heavy atom. The van der Waals surface area contributed by atoms with Crippen LogP contribution in [0.1, 0.15) is 97.3 Å². The van der Waals surface area contributed by atoms with Gasteiger partial charge in [-0.1, -0.05) is 98.4 Å². The van der Waals surface area contributed by atoms with E-state index in [1.807, 2.05) is 36.4 Å². The molecular weight excluding hydrogens is 493 g/mol. The van der Waals surface area contributed by atoms with Crippen molar-refractivity contribution in [2.45, 2.75) is 142 Å². The zero-order valence-electron chi connectivity index (χ0n) is 25.8. The lowest BCUT2D eigenvalue weighted by molar-refractivity contribution is -0.0499. The third-order valence-corrected chi connectivity index (χ3v) is 17.2. The molecule has 0 aromatic heterocycles. The normalized spacial score (nSPS) is 15.6. The Morgan fingerprint density at radius 3 is 1.86 bits per heavy atom. The first-order chi connectivity index (χ1) is 17.0. The van der Waals surface area contributed by atoms with E-state index in [-0.39, 0.29) is 22.1 Å². The van der Waals surface area contributed by atoms with Gasteiger partial charge >= 0.3 is 5.97 Å². The summed E-state index contributed by atoms with van der Waals surface area (Å²) in [6, 6.07) is 9.26. The number of hydrogen-bond donors (Lipinski definition) is 0. The van der Waals surface area contributed by atoms with Gasteiger partial charge in [-0.05, 0) is 61.2 Å². The first-order valence-electron chi connectivity index (χ1n) is 14.2. The summed E-state index contributed by atoms with van der Waals surface area (Å²) >= 11 is 0. The summed E-state index contributed by atoms with van der Waals surface area (Å²) in [7, 11) is -4.37. The number of unbranched alkanes of at least 4 members (excludes halogenated alkanes) is 4. The molecule has 3 atom stereocenters. The molecule has 0 radical (unpaired) electrons. The van der Waals surface area contributed by atoms with E-state index < -0.39 is 28.8 Å². The highest BCUT2D eigenvalue weighted by molar-refractivity contribution is 6.74. The highest BCUT2D eigenvalue weighted by Crippen LogP contribution is 2.41. The molecule has 0 aliphatic rings. The smallest absolute Gasteiger partial charge is 0.338 e. The molecule has 6 heteroatoms. The molecule has 0 aliphatic carbocycles. The Hall–Kier alpha value is -1.22. The summed E-state index contributed by atoms with van der Waals surface area (Å²) in [6.45, 7) is 28.8. The van der Waals surface area contributed by atoms with Gasteiger partial charge in [0.25, 0.3) is 0 Å². The Balaban J connectivity index is 3.45. The second-order valence-electron chi connectivity index (χ2n) is 13.4. The summed E-state index contributed by atoms with van der Waals surface area (Å²) in [5.41, 5.74) is 0.560. The van der Waals surface area contributed by atoms with Gasteiger partial charge in [-0.15, -0.1) is 6.58 Å². The largest absolute Gasteiger partial charge is 0.456 e. The molecule has 0 saturated heterocycles. The molecule has 0 N–H and O–H groups in total. The molecule has 4 nitrogen and oxygen atoms in total. The molecule has 0 unspecified atom stereocenters. The molecule has 1 aromatic carbocycles. The summed E-state index contributed by atoms with van der Waals surface area (Å²) < 4.78 is 20.3. The Morgan fingerprint density at radius 1 is 0.865 bits per heavy atom. The van der Waals surface area contributed by atoms with Crippen LogP contribution in [0.15, 0.2) is 43.0 Å². The lowest BCUT2D eigenvalue weighted by Crippen LogP contribution is -2.55. The highest BCUT2D eigenvalue weighted by Gasteiger charge is 2.46. The van der Waals surface area contributed by atoms with Crippen molar-refractivity contribution in [1.82, 2.24) is 0 Å². The zero-order valence-corrected chi connectivity index (χ0v) is 27.8. The van der Waals surface area contributed by atoms with Crippen molar-refractivity contribution in [2.24, 2.45) is 0 Å². The highest BCUT2D eigenvalue weighted by atomic mass is 28.4. The van der Waals surface area contributed by atoms with Gasteiger partial charge in [-0.2, -0.15) is 0 Å². The lowest BCUT2D eigenvalue weighted by Gasteiger charge is -2.46. The summed E-state index contributed by atoms with van der Waals surface area (Å²) in [5, 5.41) is 0.0369. The molecular formula is C31H56O4Si2. The van der Waals surface area contributed by atoms with E-state index in [2.05, 4.69) is 81.2 Å². The first-order valence-corrected chi connectivity index (χ1v) is 20.0. The number of benzene rings is 1. The van der Waals surface area contributed by atoms with E-state index in [1.54, 1.807) is 0 Å². The van der Waals surface area contributed by atoms with Gasteiger partial charge in [-0.3, -0.25) is 0 Å². The molecule has 0 heterocycles. The number of carbonyl (C=O) groups is 1. The van der Waals surface area contributed by atoms with Crippen molar-refractivity contribution >= 4 is 22.6 Å². The fraction of sp³-hybridized carbons (Fsp3) is 0.710. The Bertz CT molecular complexity index is 822. The van der Waals surface area contributed by atoms with E-state index in [4.69, 9.17) is 13.6 Å². The molecule has 0 saturated carbocycles. The van der Waals surface area contributed by atoms with Gasteiger partial charge in [0, 0.05) is 0 Å². The van der Waals surface area contributed by atoms with Crippen LogP contribution in [0, 0.1) is 0 Å². The zero-order chi connectivity index (χ0) is 28.5. The quantitative estimate of drug-likeness (QED) is 0.0947. The minimum Gasteiger partial charge on any atom is -0.456 e. The monoisotopic (exact) mass is 548 g/mol. The first kappa shape index (κ1) is 33.8. The second-order valence-corrected chi connectivity index (χ2v) is 22.9. The topological polar surface area (TPSA) is 44.8 Å². The van der Waals surface area contributed by atoms with Crippen molar-refractivity contribution in [2.75, 3.05) is 0 Å². The minimum atomic E-state index is -2.23. The van der Waals surface area contributed by atoms with Crippen molar-refractivity contribution < 1.29 is 18.4 Å². The lowest BCUT2D eigenvalue weighted by atomic mass is 10.0. The molecule has 0 spiro atoms. The van der Waals surface area contributed by atoms with E-state index in [0.29, 0.717) is 5.56 Å². The van der Waals surface area contributed by atoms with Crippen LogP contribution in [-0.4, -0.2) is 40.9 Å². The summed E-state index contributed by atoms with van der Waals surface area (Å²) in [4.78, 5) is 13.3. The predicted octanol–water partition coefficient (Wildman–Crippen LogP) is 9.54. The fourth-order valence-corrected chi connectivity index (χ4v) is 6.24. The third kappa shape index (κ3) is 10.5. The van der Waals surface area contributed by atoms with Crippen LogP contribution in [0.25, 0.3) is 0 Å². The maximum absolute atomic E-state index is 13.3. The average Bonchev–Trinajstić information content (AvgIpc) is 2.79. The van der Waals surface area contributed by atoms with E-state index in [9.17, 15) is 4.79 Å². The predicted molar refractivity (Wildman–Crippen MR) is 163 cm³/mol. The number of ether oxygens (including phenoxy) is 1. The molecule has 1 rings (SSSR count). The molecule has 0 fully saturated rings. The van der Waals surface area contributed by atoms with Gasteiger partial charge < -0.3 is 13.6 Å². The van der Waals surface area contributed by atoms with Gasteiger partial charge in [0.05, 0.1) is 11.7 Å². The molecule has 0 amide bonds. The van der Waals surface area contributed by atoms with Crippen LogP contribution in [0.2, 0.25) is 36.3 Å². The number of esters is 1. The van der Waals surface area contributed by atoms with Crippen LogP contribution in [0.3, 0.4) is 0 Å². The molecule has 212 valence electrons. The maximum atomic E-state index is 13.3. The minimum absolute atomic E-state index is 0.00303. The van der Waals surface area contributed by atoms with Crippen molar-refractivity contribution in [3.05, 3.63) is 48.6 Å². The third-order valence-electron chi connectivity index (χ3n) is 8.26. The van der Waals surface area contributed by atoms with Crippen LogP contribution in [0.5, 0.6) is 0 Å². The van der Waals surface area contributed by atoms with Gasteiger partial charge in [0.1, 0.15) is 12.2 Å².